The third kappa shape index (κ3) is 5.68. The molecule has 0 aliphatic carbocycles. The normalized spacial score (nSPS) is 14.5. The number of hydrogen-bond donors (Lipinski definition) is 0. The molecule has 1 unspecified atom stereocenters. The average molecular weight is 346 g/mol. The van der Waals surface area contributed by atoms with Gasteiger partial charge in [-0.1, -0.05) is 68.9 Å². The second kappa shape index (κ2) is 6.67. The molecule has 1 aromatic carbocycles. The van der Waals surface area contributed by atoms with Gasteiger partial charge in [0.15, 0.2) is 0 Å². The molecule has 1 rings (SSSR count). The Labute approximate surface area is 137 Å². The largest absolute Gasteiger partial charge is 0.490 e. The minimum absolute atomic E-state index is 0.446. The summed E-state index contributed by atoms with van der Waals surface area (Å²) >= 11 is 0. The van der Waals surface area contributed by atoms with E-state index in [-0.39, 0.29) is 0 Å². The first kappa shape index (κ1) is 19.7. The van der Waals surface area contributed by atoms with Gasteiger partial charge < -0.3 is 4.74 Å². The van der Waals surface area contributed by atoms with Crippen LogP contribution in [0.15, 0.2) is 24.3 Å². The molecule has 0 aromatic heterocycles. The number of esters is 1. The Morgan fingerprint density at radius 2 is 1.61 bits per heavy atom. The van der Waals surface area contributed by atoms with E-state index in [1.165, 1.54) is 0 Å². The average Bonchev–Trinajstić information content (AvgIpc) is 2.35. The Morgan fingerprint density at radius 3 is 2.00 bits per heavy atom. The van der Waals surface area contributed by atoms with E-state index in [2.05, 4.69) is 13.1 Å². The molecule has 0 heterocycles. The Bertz CT molecular complexity index is 542. The zero-order valence-corrected chi connectivity index (χ0v) is 15.5. The van der Waals surface area contributed by atoms with E-state index in [0.29, 0.717) is 6.04 Å². The van der Waals surface area contributed by atoms with Crippen LogP contribution in [0.1, 0.15) is 26.3 Å². The molecule has 1 aromatic rings. The van der Waals surface area contributed by atoms with Crippen molar-refractivity contribution in [3.63, 3.8) is 0 Å². The maximum Gasteiger partial charge on any atom is 0.490 e. The van der Waals surface area contributed by atoms with Gasteiger partial charge in [-0.3, -0.25) is 0 Å². The molecule has 1 atom stereocenters. The maximum absolute atomic E-state index is 12.5. The fourth-order valence-electron chi connectivity index (χ4n) is 2.31. The van der Waals surface area contributed by atoms with Gasteiger partial charge in [0, 0.05) is 0 Å². The first-order valence-electron chi connectivity index (χ1n) is 7.58. The van der Waals surface area contributed by atoms with E-state index >= 15 is 0 Å². The van der Waals surface area contributed by atoms with E-state index in [1.54, 1.807) is 20.8 Å². The predicted molar refractivity (Wildman–Crippen MR) is 88.5 cm³/mol. The molecule has 0 saturated carbocycles. The third-order valence-electron chi connectivity index (χ3n) is 3.98. The van der Waals surface area contributed by atoms with Crippen LogP contribution < -0.4 is 5.19 Å². The first-order chi connectivity index (χ1) is 10.2. The van der Waals surface area contributed by atoms with Crippen LogP contribution in [-0.4, -0.2) is 26.3 Å². The number of halogens is 3. The van der Waals surface area contributed by atoms with Gasteiger partial charge in [-0.25, -0.2) is 4.79 Å². The fourth-order valence-corrected chi connectivity index (χ4v) is 5.23. The molecule has 130 valence electrons. The molecule has 0 aliphatic heterocycles. The molecular weight excluding hydrogens is 321 g/mol. The molecule has 0 aliphatic rings. The van der Waals surface area contributed by atoms with Gasteiger partial charge in [0.2, 0.25) is 0 Å². The maximum atomic E-state index is 12.5. The van der Waals surface area contributed by atoms with Crippen molar-refractivity contribution in [2.24, 2.45) is 5.41 Å². The number of carbonyl (C=O) groups excluding carboxylic acids is 1. The molecule has 0 spiro atoms. The van der Waals surface area contributed by atoms with Crippen LogP contribution in [0.25, 0.3) is 0 Å². The van der Waals surface area contributed by atoms with Gasteiger partial charge in [0.25, 0.3) is 0 Å². The lowest BCUT2D eigenvalue weighted by Crippen LogP contribution is -2.48. The summed E-state index contributed by atoms with van der Waals surface area (Å²) in [6.07, 6.45) is -5.74. The van der Waals surface area contributed by atoms with Crippen LogP contribution in [0.2, 0.25) is 19.1 Å². The summed E-state index contributed by atoms with van der Waals surface area (Å²) in [5.41, 5.74) is 0.574. The quantitative estimate of drug-likeness (QED) is 0.595. The number of alkyl halides is 3. The highest BCUT2D eigenvalue weighted by Gasteiger charge is 2.45. The number of carbonyl (C=O) groups is 1. The smallest absolute Gasteiger partial charge is 0.455 e. The van der Waals surface area contributed by atoms with Crippen LogP contribution in [0.4, 0.5) is 13.2 Å². The molecule has 23 heavy (non-hydrogen) atoms. The van der Waals surface area contributed by atoms with Gasteiger partial charge >= 0.3 is 12.1 Å². The highest BCUT2D eigenvalue weighted by molar-refractivity contribution is 6.89. The molecule has 0 N–H and O–H groups in total. The minimum atomic E-state index is -4.96. The SMILES string of the molecule is Cc1ccc([Si](C)(C)CC(OC(=O)C(F)(F)F)C(C)(C)C)cc1. The van der Waals surface area contributed by atoms with Crippen molar-refractivity contribution in [2.75, 3.05) is 0 Å². The zero-order chi connectivity index (χ0) is 18.1. The lowest BCUT2D eigenvalue weighted by Gasteiger charge is -2.36. The van der Waals surface area contributed by atoms with Crippen molar-refractivity contribution in [1.29, 1.82) is 0 Å². The lowest BCUT2D eigenvalue weighted by molar-refractivity contribution is -0.208. The number of rotatable bonds is 4. The molecule has 0 bridgehead atoms. The van der Waals surface area contributed by atoms with Crippen molar-refractivity contribution in [1.82, 2.24) is 0 Å². The highest BCUT2D eigenvalue weighted by atomic mass is 28.3. The fraction of sp³-hybridized carbons (Fsp3) is 0.588. The Hall–Kier alpha value is -1.30. The number of ether oxygens (including phenoxy) is 1. The van der Waals surface area contributed by atoms with Crippen molar-refractivity contribution in [2.45, 2.75) is 59.1 Å². The summed E-state index contributed by atoms with van der Waals surface area (Å²) in [5, 5.41) is 1.14. The molecule has 2 nitrogen and oxygen atoms in total. The number of benzene rings is 1. The van der Waals surface area contributed by atoms with Crippen LogP contribution in [0.5, 0.6) is 0 Å². The lowest BCUT2D eigenvalue weighted by atomic mass is 9.90. The van der Waals surface area contributed by atoms with Crippen LogP contribution in [-0.2, 0) is 9.53 Å². The van der Waals surface area contributed by atoms with Crippen molar-refractivity contribution >= 4 is 19.2 Å². The first-order valence-corrected chi connectivity index (χ1v) is 10.8. The Morgan fingerprint density at radius 1 is 1.13 bits per heavy atom. The molecule has 0 fully saturated rings. The number of aryl methyl sites for hydroxylation is 1. The standard InChI is InChI=1S/C17H25F3O2Si/c1-12-7-9-13(10-8-12)23(5,6)11-14(16(2,3)4)22-15(21)17(18,19)20/h7-10,14H,11H2,1-6H3. The van der Waals surface area contributed by atoms with Gasteiger partial charge in [0.05, 0.1) is 8.07 Å². The van der Waals surface area contributed by atoms with E-state index < -0.39 is 31.7 Å². The molecule has 0 radical (unpaired) electrons. The molecular formula is C17H25F3O2Si. The summed E-state index contributed by atoms with van der Waals surface area (Å²) < 4.78 is 42.4. The van der Waals surface area contributed by atoms with Gasteiger partial charge in [-0.15, -0.1) is 0 Å². The summed E-state index contributed by atoms with van der Waals surface area (Å²) in [6, 6.07) is 8.48. The Balaban J connectivity index is 3.01. The van der Waals surface area contributed by atoms with Crippen molar-refractivity contribution in [3.8, 4) is 0 Å². The molecule has 6 heteroatoms. The van der Waals surface area contributed by atoms with Crippen molar-refractivity contribution < 1.29 is 22.7 Å². The van der Waals surface area contributed by atoms with E-state index in [9.17, 15) is 18.0 Å². The minimum Gasteiger partial charge on any atom is -0.455 e. The van der Waals surface area contributed by atoms with E-state index in [1.807, 2.05) is 31.2 Å². The molecule has 0 amide bonds. The summed E-state index contributed by atoms with van der Waals surface area (Å²) in [5.74, 6) is -2.11. The summed E-state index contributed by atoms with van der Waals surface area (Å²) in [4.78, 5) is 11.3. The second-order valence-electron chi connectivity index (χ2n) is 7.71. The van der Waals surface area contributed by atoms with E-state index in [0.717, 1.165) is 10.8 Å². The van der Waals surface area contributed by atoms with Crippen LogP contribution >= 0.6 is 0 Å². The van der Waals surface area contributed by atoms with E-state index in [4.69, 9.17) is 4.74 Å². The summed E-state index contributed by atoms with van der Waals surface area (Å²) in [7, 11) is -2.05. The topological polar surface area (TPSA) is 26.3 Å². The zero-order valence-electron chi connectivity index (χ0n) is 14.5. The Kier molecular flexibility index (Phi) is 5.73. The summed E-state index contributed by atoms with van der Waals surface area (Å²) in [6.45, 7) is 11.5. The third-order valence-corrected chi connectivity index (χ3v) is 7.26. The van der Waals surface area contributed by atoms with Gasteiger partial charge in [-0.05, 0) is 18.4 Å². The van der Waals surface area contributed by atoms with Gasteiger partial charge in [-0.2, -0.15) is 13.2 Å². The number of hydrogen-bond acceptors (Lipinski definition) is 2. The monoisotopic (exact) mass is 346 g/mol. The highest BCUT2D eigenvalue weighted by Crippen LogP contribution is 2.31. The second-order valence-corrected chi connectivity index (χ2v) is 12.5. The predicted octanol–water partition coefficient (Wildman–Crippen LogP) is 4.43. The van der Waals surface area contributed by atoms with Crippen molar-refractivity contribution in [3.05, 3.63) is 29.8 Å². The van der Waals surface area contributed by atoms with Crippen LogP contribution in [0, 0.1) is 12.3 Å². The van der Waals surface area contributed by atoms with Gasteiger partial charge in [0.1, 0.15) is 6.10 Å². The molecule has 0 saturated heterocycles. The van der Waals surface area contributed by atoms with Crippen LogP contribution in [0.3, 0.4) is 0 Å².